The Labute approximate surface area is 329 Å². The maximum atomic E-state index is 12.3. The van der Waals surface area contributed by atoms with Crippen molar-refractivity contribution in [2.45, 2.75) is 212 Å². The SMILES string of the molecule is CC/C=C\C/C=C\C/C=C\C/C=C\C/C=C\C/C=C\CCC(=O)NC(CO)C(O)/C=C/CCCCCCCCCCCCCCCCCCCCCC. The van der Waals surface area contributed by atoms with E-state index in [-0.39, 0.29) is 12.5 Å². The molecule has 3 N–H and O–H groups in total. The van der Waals surface area contributed by atoms with Crippen molar-refractivity contribution in [2.24, 2.45) is 0 Å². The number of carbonyl (C=O) groups excluding carboxylic acids is 1. The Kier molecular flexibility index (Phi) is 42.0. The third kappa shape index (κ3) is 40.6. The standard InChI is InChI=1S/C49H85NO3/c1-3-5-7-9-11-13-15-17-19-21-23-24-25-27-28-30-32-34-36-38-40-42-44-48(52)47(46-51)50-49(53)45-43-41-39-37-35-33-31-29-26-22-20-18-16-14-12-10-8-6-4-2/h6,8,12,14,18,20,26,29,33,35,39,41-42,44,47-48,51-52H,3-5,7,9-11,13,15-17,19,21-25,27-28,30-32,34,36-38,40,43,45-46H2,1-2H3,(H,50,53)/b8-6-,14-12-,20-18-,29-26-,35-33-,41-39-,44-42+. The Balaban J connectivity index is 3.70. The van der Waals surface area contributed by atoms with Crippen molar-refractivity contribution in [1.29, 1.82) is 0 Å². The smallest absolute Gasteiger partial charge is 0.220 e. The zero-order valence-electron chi connectivity index (χ0n) is 34.8. The molecule has 0 aromatic heterocycles. The second-order valence-electron chi connectivity index (χ2n) is 14.7. The molecule has 0 fully saturated rings. The van der Waals surface area contributed by atoms with E-state index in [0.29, 0.717) is 12.8 Å². The molecule has 0 heterocycles. The number of carbonyl (C=O) groups is 1. The quantitative estimate of drug-likeness (QED) is 0.0435. The number of aliphatic hydroxyl groups is 2. The van der Waals surface area contributed by atoms with Gasteiger partial charge in [0.25, 0.3) is 0 Å². The van der Waals surface area contributed by atoms with E-state index in [2.05, 4.69) is 86.0 Å². The molecule has 4 heteroatoms. The van der Waals surface area contributed by atoms with Gasteiger partial charge in [-0.25, -0.2) is 0 Å². The van der Waals surface area contributed by atoms with E-state index in [9.17, 15) is 15.0 Å². The zero-order valence-corrected chi connectivity index (χ0v) is 34.8. The first-order valence-electron chi connectivity index (χ1n) is 22.3. The van der Waals surface area contributed by atoms with E-state index in [1.807, 2.05) is 12.2 Å². The van der Waals surface area contributed by atoms with Crippen LogP contribution in [0.2, 0.25) is 0 Å². The molecule has 53 heavy (non-hydrogen) atoms. The van der Waals surface area contributed by atoms with E-state index >= 15 is 0 Å². The summed E-state index contributed by atoms with van der Waals surface area (Å²) >= 11 is 0. The van der Waals surface area contributed by atoms with Gasteiger partial charge in [-0.15, -0.1) is 0 Å². The lowest BCUT2D eigenvalue weighted by atomic mass is 10.0. The minimum Gasteiger partial charge on any atom is -0.394 e. The number of rotatable bonds is 39. The van der Waals surface area contributed by atoms with E-state index in [1.54, 1.807) is 6.08 Å². The van der Waals surface area contributed by atoms with Crippen molar-refractivity contribution in [3.63, 3.8) is 0 Å². The maximum Gasteiger partial charge on any atom is 0.220 e. The van der Waals surface area contributed by atoms with E-state index in [1.165, 1.54) is 122 Å². The first kappa shape index (κ1) is 50.6. The number of aliphatic hydroxyl groups excluding tert-OH is 2. The lowest BCUT2D eigenvalue weighted by Gasteiger charge is -2.19. The summed E-state index contributed by atoms with van der Waals surface area (Å²) in [5, 5.41) is 23.0. The van der Waals surface area contributed by atoms with E-state index in [0.717, 1.165) is 51.4 Å². The van der Waals surface area contributed by atoms with Crippen LogP contribution in [0.25, 0.3) is 0 Å². The zero-order chi connectivity index (χ0) is 38.6. The number of hydrogen-bond donors (Lipinski definition) is 3. The number of nitrogens with one attached hydrogen (secondary N) is 1. The van der Waals surface area contributed by atoms with Gasteiger partial charge in [-0.05, 0) is 57.8 Å². The molecule has 0 bridgehead atoms. The van der Waals surface area contributed by atoms with Crippen LogP contribution in [-0.4, -0.2) is 34.9 Å². The molecule has 2 unspecified atom stereocenters. The molecule has 304 valence electrons. The molecule has 0 saturated heterocycles. The summed E-state index contributed by atoms with van der Waals surface area (Å²) in [6.07, 6.45) is 64.2. The Morgan fingerprint density at radius 2 is 0.830 bits per heavy atom. The van der Waals surface area contributed by atoms with Gasteiger partial charge >= 0.3 is 0 Å². The van der Waals surface area contributed by atoms with Gasteiger partial charge in [0.05, 0.1) is 18.8 Å². The van der Waals surface area contributed by atoms with Crippen molar-refractivity contribution in [2.75, 3.05) is 6.61 Å². The summed E-state index contributed by atoms with van der Waals surface area (Å²) in [6.45, 7) is 4.16. The summed E-state index contributed by atoms with van der Waals surface area (Å²) in [4.78, 5) is 12.3. The molecule has 4 nitrogen and oxygen atoms in total. The Morgan fingerprint density at radius 3 is 1.21 bits per heavy atom. The molecule has 0 radical (unpaired) electrons. The average Bonchev–Trinajstić information content (AvgIpc) is 3.16. The van der Waals surface area contributed by atoms with Gasteiger partial charge in [0.15, 0.2) is 0 Å². The highest BCUT2D eigenvalue weighted by atomic mass is 16.3. The number of hydrogen-bond acceptors (Lipinski definition) is 3. The van der Waals surface area contributed by atoms with Crippen LogP contribution in [0.5, 0.6) is 0 Å². The molecule has 0 rings (SSSR count). The predicted octanol–water partition coefficient (Wildman–Crippen LogP) is 14.1. The van der Waals surface area contributed by atoms with Gasteiger partial charge in [0, 0.05) is 6.42 Å². The van der Waals surface area contributed by atoms with Crippen LogP contribution >= 0.6 is 0 Å². The summed E-state index contributed by atoms with van der Waals surface area (Å²) in [5.41, 5.74) is 0. The second kappa shape index (κ2) is 44.0. The molecule has 0 aromatic carbocycles. The Bertz CT molecular complexity index is 972. The van der Waals surface area contributed by atoms with Gasteiger partial charge in [0.2, 0.25) is 5.91 Å². The van der Waals surface area contributed by atoms with Gasteiger partial charge in [-0.3, -0.25) is 4.79 Å². The first-order valence-corrected chi connectivity index (χ1v) is 22.3. The van der Waals surface area contributed by atoms with Crippen LogP contribution in [-0.2, 0) is 4.79 Å². The van der Waals surface area contributed by atoms with E-state index < -0.39 is 12.1 Å². The fourth-order valence-corrected chi connectivity index (χ4v) is 6.26. The monoisotopic (exact) mass is 736 g/mol. The summed E-state index contributed by atoms with van der Waals surface area (Å²) in [7, 11) is 0. The van der Waals surface area contributed by atoms with Crippen molar-refractivity contribution in [1.82, 2.24) is 5.32 Å². The van der Waals surface area contributed by atoms with Crippen LogP contribution in [0.15, 0.2) is 85.1 Å². The van der Waals surface area contributed by atoms with Gasteiger partial charge in [-0.2, -0.15) is 0 Å². The van der Waals surface area contributed by atoms with Crippen LogP contribution in [0, 0.1) is 0 Å². The lowest BCUT2D eigenvalue weighted by Crippen LogP contribution is -2.45. The Morgan fingerprint density at radius 1 is 0.472 bits per heavy atom. The third-order valence-corrected chi connectivity index (χ3v) is 9.65. The molecule has 0 aliphatic carbocycles. The number of unbranched alkanes of at least 4 members (excludes halogenated alkanes) is 20. The van der Waals surface area contributed by atoms with Crippen LogP contribution in [0.3, 0.4) is 0 Å². The van der Waals surface area contributed by atoms with Crippen molar-refractivity contribution >= 4 is 5.91 Å². The van der Waals surface area contributed by atoms with Crippen molar-refractivity contribution in [3.8, 4) is 0 Å². The lowest BCUT2D eigenvalue weighted by molar-refractivity contribution is -0.122. The molecule has 1 amide bonds. The highest BCUT2D eigenvalue weighted by Gasteiger charge is 2.17. The highest BCUT2D eigenvalue weighted by molar-refractivity contribution is 5.76. The van der Waals surface area contributed by atoms with Crippen LogP contribution < -0.4 is 5.32 Å². The second-order valence-corrected chi connectivity index (χ2v) is 14.7. The molecular weight excluding hydrogens is 651 g/mol. The summed E-state index contributed by atoms with van der Waals surface area (Å²) in [6, 6.07) is -0.668. The molecular formula is C49H85NO3. The minimum absolute atomic E-state index is 0.148. The Hall–Kier alpha value is -2.43. The largest absolute Gasteiger partial charge is 0.394 e. The fourth-order valence-electron chi connectivity index (χ4n) is 6.26. The molecule has 0 aromatic rings. The first-order chi connectivity index (χ1) is 26.2. The average molecular weight is 736 g/mol. The van der Waals surface area contributed by atoms with Crippen molar-refractivity contribution in [3.05, 3.63) is 85.1 Å². The molecule has 0 aliphatic heterocycles. The van der Waals surface area contributed by atoms with Crippen LogP contribution in [0.4, 0.5) is 0 Å². The molecule has 0 saturated carbocycles. The fraction of sp³-hybridized carbons (Fsp3) is 0.694. The van der Waals surface area contributed by atoms with Crippen LogP contribution in [0.1, 0.15) is 200 Å². The number of allylic oxidation sites excluding steroid dienone is 13. The summed E-state index contributed by atoms with van der Waals surface area (Å²) in [5.74, 6) is -0.148. The number of amides is 1. The maximum absolute atomic E-state index is 12.3. The van der Waals surface area contributed by atoms with Crippen molar-refractivity contribution < 1.29 is 15.0 Å². The highest BCUT2D eigenvalue weighted by Crippen LogP contribution is 2.15. The molecule has 0 spiro atoms. The van der Waals surface area contributed by atoms with Gasteiger partial charge < -0.3 is 15.5 Å². The minimum atomic E-state index is -0.875. The topological polar surface area (TPSA) is 69.6 Å². The normalized spacial score (nSPS) is 13.8. The molecule has 2 atom stereocenters. The molecule has 0 aliphatic rings. The van der Waals surface area contributed by atoms with Gasteiger partial charge in [0.1, 0.15) is 0 Å². The third-order valence-electron chi connectivity index (χ3n) is 9.65. The van der Waals surface area contributed by atoms with E-state index in [4.69, 9.17) is 0 Å². The summed E-state index contributed by atoms with van der Waals surface area (Å²) < 4.78 is 0. The van der Waals surface area contributed by atoms with Gasteiger partial charge in [-0.1, -0.05) is 221 Å². The predicted molar refractivity (Wildman–Crippen MR) is 234 cm³/mol.